The van der Waals surface area contributed by atoms with Crippen molar-refractivity contribution in [3.63, 3.8) is 0 Å². The molecule has 0 aliphatic carbocycles. The smallest absolute Gasteiger partial charge is 0.303 e. The molecule has 13 nitrogen and oxygen atoms in total. The van der Waals surface area contributed by atoms with Crippen LogP contribution in [0.15, 0.2) is 60.7 Å². The van der Waals surface area contributed by atoms with Crippen molar-refractivity contribution < 1.29 is 57.0 Å². The summed E-state index contributed by atoms with van der Waals surface area (Å²) in [4.78, 5) is 35.8. The Morgan fingerprint density at radius 2 is 1.24 bits per heavy atom. The van der Waals surface area contributed by atoms with E-state index in [9.17, 15) is 14.4 Å². The number of methoxy groups -OCH3 is 1. The summed E-state index contributed by atoms with van der Waals surface area (Å²) in [6.45, 7) is 5.55. The van der Waals surface area contributed by atoms with Crippen molar-refractivity contribution in [1.82, 2.24) is 0 Å². The first-order valence-electron chi connectivity index (χ1n) is 15.1. The van der Waals surface area contributed by atoms with Crippen LogP contribution in [0.2, 0.25) is 0 Å². The Hall–Kier alpha value is -3.43. The minimum atomic E-state index is -1.25. The molecule has 10 atom stereocenters. The zero-order chi connectivity index (χ0) is 33.2. The number of rotatable bonds is 13. The number of ether oxygens (including phenoxy) is 9. The van der Waals surface area contributed by atoms with E-state index in [1.807, 2.05) is 60.7 Å². The normalized spacial score (nSPS) is 31.1. The van der Waals surface area contributed by atoms with Crippen LogP contribution in [0, 0.1) is 0 Å². The Kier molecular flexibility index (Phi) is 13.0. The summed E-state index contributed by atoms with van der Waals surface area (Å²) in [7, 11) is 1.52. The zero-order valence-corrected chi connectivity index (χ0v) is 26.6. The Balaban J connectivity index is 1.64. The second kappa shape index (κ2) is 16.9. The van der Waals surface area contributed by atoms with Crippen molar-refractivity contribution in [3.05, 3.63) is 71.8 Å². The van der Waals surface area contributed by atoms with Gasteiger partial charge < -0.3 is 48.4 Å². The van der Waals surface area contributed by atoms with Crippen LogP contribution in [0.4, 0.5) is 0 Å². The SMILES string of the molecule is CO[C@H]1O[C@H](C)[C@@H](O[C@@H]2O[C@H](COC(C)=O)[C@@H](OC(C)=O)[C@H](OC(C)=O)[C@H]2N)[C@H](OCc2ccccc2)[C@H]1OCc1ccccc1. The van der Waals surface area contributed by atoms with E-state index in [-0.39, 0.29) is 19.8 Å². The number of esters is 3. The molecule has 2 heterocycles. The standard InChI is InChI=1S/C33H43NO12/c1-19-27(46-32-26(34)29(44-22(4)37)28(43-21(3)36)25(45-32)18-39-20(2)35)30(40-16-23-12-8-6-9-13-23)31(33(38-5)42-19)41-17-24-14-10-7-11-15-24/h6-15,19,25-33H,16-18,34H2,1-5H3/t19-,25-,26-,27-,28-,29-,30+,31-,32+,33+/m1/s1. The topological polar surface area (TPSA) is 160 Å². The predicted octanol–water partition coefficient (Wildman–Crippen LogP) is 2.41. The van der Waals surface area contributed by atoms with Crippen molar-refractivity contribution in [2.24, 2.45) is 5.73 Å². The molecule has 252 valence electrons. The molecule has 2 aliphatic heterocycles. The molecule has 0 unspecified atom stereocenters. The fourth-order valence-electron chi connectivity index (χ4n) is 5.46. The van der Waals surface area contributed by atoms with Crippen LogP contribution in [0.5, 0.6) is 0 Å². The molecule has 0 radical (unpaired) electrons. The lowest BCUT2D eigenvalue weighted by Crippen LogP contribution is -2.67. The maximum atomic E-state index is 12.1. The van der Waals surface area contributed by atoms with Crippen molar-refractivity contribution in [2.45, 2.75) is 102 Å². The van der Waals surface area contributed by atoms with Crippen LogP contribution in [0.1, 0.15) is 38.8 Å². The molecule has 46 heavy (non-hydrogen) atoms. The van der Waals surface area contributed by atoms with Crippen LogP contribution >= 0.6 is 0 Å². The van der Waals surface area contributed by atoms with Crippen molar-refractivity contribution in [2.75, 3.05) is 13.7 Å². The van der Waals surface area contributed by atoms with Gasteiger partial charge in [-0.2, -0.15) is 0 Å². The number of benzene rings is 2. The van der Waals surface area contributed by atoms with E-state index in [0.29, 0.717) is 0 Å². The van der Waals surface area contributed by atoms with Crippen LogP contribution in [0.25, 0.3) is 0 Å². The lowest BCUT2D eigenvalue weighted by Gasteiger charge is -2.48. The largest absolute Gasteiger partial charge is 0.463 e. The van der Waals surface area contributed by atoms with Gasteiger partial charge in [-0.3, -0.25) is 14.4 Å². The minimum absolute atomic E-state index is 0.219. The van der Waals surface area contributed by atoms with E-state index in [0.717, 1.165) is 11.1 Å². The van der Waals surface area contributed by atoms with E-state index in [1.54, 1.807) is 6.92 Å². The van der Waals surface area contributed by atoms with Crippen molar-refractivity contribution in [1.29, 1.82) is 0 Å². The summed E-state index contributed by atoms with van der Waals surface area (Å²) in [6.07, 6.45) is -8.50. The average molecular weight is 646 g/mol. The molecule has 2 aliphatic rings. The minimum Gasteiger partial charge on any atom is -0.463 e. The third kappa shape index (κ3) is 9.55. The van der Waals surface area contributed by atoms with E-state index >= 15 is 0 Å². The number of carbonyl (C=O) groups excluding carboxylic acids is 3. The van der Waals surface area contributed by atoms with Gasteiger partial charge in [-0.15, -0.1) is 0 Å². The second-order valence-corrected chi connectivity index (χ2v) is 11.1. The highest BCUT2D eigenvalue weighted by Gasteiger charge is 2.53. The summed E-state index contributed by atoms with van der Waals surface area (Å²) >= 11 is 0. The van der Waals surface area contributed by atoms with Gasteiger partial charge in [-0.05, 0) is 18.1 Å². The molecule has 2 saturated heterocycles. The molecule has 0 saturated carbocycles. The summed E-state index contributed by atoms with van der Waals surface area (Å²) in [6, 6.07) is 18.1. The highest BCUT2D eigenvalue weighted by molar-refractivity contribution is 5.68. The number of carbonyl (C=O) groups is 3. The van der Waals surface area contributed by atoms with Gasteiger partial charge in [0.1, 0.15) is 31.0 Å². The van der Waals surface area contributed by atoms with Gasteiger partial charge in [-0.1, -0.05) is 60.7 Å². The third-order valence-corrected chi connectivity index (χ3v) is 7.57. The fourth-order valence-corrected chi connectivity index (χ4v) is 5.46. The van der Waals surface area contributed by atoms with Crippen molar-refractivity contribution in [3.8, 4) is 0 Å². The first-order chi connectivity index (χ1) is 22.1. The molecule has 0 spiro atoms. The molecule has 2 aromatic carbocycles. The summed E-state index contributed by atoms with van der Waals surface area (Å²) in [5, 5.41) is 0. The van der Waals surface area contributed by atoms with Gasteiger partial charge in [0.2, 0.25) is 0 Å². The van der Waals surface area contributed by atoms with Gasteiger partial charge >= 0.3 is 17.9 Å². The summed E-state index contributed by atoms with van der Waals surface area (Å²) in [5.74, 6) is -1.92. The molecule has 0 aromatic heterocycles. The van der Waals surface area contributed by atoms with Crippen LogP contribution in [0.3, 0.4) is 0 Å². The Morgan fingerprint density at radius 1 is 0.696 bits per heavy atom. The van der Waals surface area contributed by atoms with Crippen LogP contribution in [-0.4, -0.2) is 93.0 Å². The van der Waals surface area contributed by atoms with E-state index in [1.165, 1.54) is 27.9 Å². The van der Waals surface area contributed by atoms with Crippen LogP contribution < -0.4 is 5.73 Å². The highest BCUT2D eigenvalue weighted by Crippen LogP contribution is 2.34. The third-order valence-electron chi connectivity index (χ3n) is 7.57. The first kappa shape index (κ1) is 35.4. The van der Waals surface area contributed by atoms with Gasteiger partial charge in [0.25, 0.3) is 0 Å². The summed E-state index contributed by atoms with van der Waals surface area (Å²) in [5.41, 5.74) is 8.44. The number of hydrogen-bond acceptors (Lipinski definition) is 13. The number of hydrogen-bond donors (Lipinski definition) is 1. The Labute approximate surface area is 268 Å². The first-order valence-corrected chi connectivity index (χ1v) is 15.1. The second-order valence-electron chi connectivity index (χ2n) is 11.1. The highest BCUT2D eigenvalue weighted by atomic mass is 16.7. The molecule has 0 amide bonds. The van der Waals surface area contributed by atoms with Crippen LogP contribution in [-0.2, 0) is 70.2 Å². The quantitative estimate of drug-likeness (QED) is 0.250. The average Bonchev–Trinajstić information content (AvgIpc) is 3.03. The van der Waals surface area contributed by atoms with E-state index in [4.69, 9.17) is 48.4 Å². The lowest BCUT2D eigenvalue weighted by molar-refractivity contribution is -0.349. The molecule has 13 heteroatoms. The Bertz CT molecular complexity index is 1260. The predicted molar refractivity (Wildman–Crippen MR) is 161 cm³/mol. The Morgan fingerprint density at radius 3 is 1.76 bits per heavy atom. The molecule has 2 N–H and O–H groups in total. The van der Waals surface area contributed by atoms with Gasteiger partial charge in [0.05, 0.1) is 25.4 Å². The fraction of sp³-hybridized carbons (Fsp3) is 0.545. The molecule has 2 fully saturated rings. The van der Waals surface area contributed by atoms with Gasteiger partial charge in [0.15, 0.2) is 24.8 Å². The molecular formula is C33H43NO12. The molecule has 2 aromatic rings. The molecule has 0 bridgehead atoms. The van der Waals surface area contributed by atoms with E-state index < -0.39 is 79.3 Å². The number of nitrogens with two attached hydrogens (primary N) is 1. The zero-order valence-electron chi connectivity index (χ0n) is 26.6. The van der Waals surface area contributed by atoms with Gasteiger partial charge in [-0.25, -0.2) is 0 Å². The van der Waals surface area contributed by atoms with E-state index in [2.05, 4.69) is 0 Å². The summed E-state index contributed by atoms with van der Waals surface area (Å²) < 4.78 is 53.7. The lowest BCUT2D eigenvalue weighted by atomic mass is 9.95. The van der Waals surface area contributed by atoms with Gasteiger partial charge in [0, 0.05) is 27.9 Å². The maximum Gasteiger partial charge on any atom is 0.303 e. The van der Waals surface area contributed by atoms with Crippen molar-refractivity contribution >= 4 is 17.9 Å². The molecular weight excluding hydrogens is 602 g/mol. The molecule has 4 rings (SSSR count). The maximum absolute atomic E-state index is 12.1. The monoisotopic (exact) mass is 645 g/mol.